The molecule has 1 N–H and O–H groups in total. The zero-order valence-corrected chi connectivity index (χ0v) is 13.2. The van der Waals surface area contributed by atoms with Gasteiger partial charge in [0, 0.05) is 17.5 Å². The summed E-state index contributed by atoms with van der Waals surface area (Å²) in [5, 5.41) is 12.9. The maximum absolute atomic E-state index is 9.35. The van der Waals surface area contributed by atoms with Crippen molar-refractivity contribution in [2.45, 2.75) is 37.1 Å². The highest BCUT2D eigenvalue weighted by Gasteiger charge is 2.15. The van der Waals surface area contributed by atoms with Gasteiger partial charge in [-0.3, -0.25) is 0 Å². The van der Waals surface area contributed by atoms with E-state index >= 15 is 0 Å². The molecule has 1 atom stereocenters. The minimum Gasteiger partial charge on any atom is -0.380 e. The van der Waals surface area contributed by atoms with Gasteiger partial charge in [-0.2, -0.15) is 5.26 Å². The first kappa shape index (κ1) is 15.2. The SMILES string of the molecule is CSc1cccc(NC(C)CN2CCCCC2)c1C#N. The number of anilines is 1. The van der Waals surface area contributed by atoms with Crippen molar-refractivity contribution in [3.8, 4) is 6.07 Å². The molecule has 0 aliphatic carbocycles. The van der Waals surface area contributed by atoms with Gasteiger partial charge in [0.15, 0.2) is 0 Å². The monoisotopic (exact) mass is 289 g/mol. The molecule has 1 heterocycles. The van der Waals surface area contributed by atoms with Crippen molar-refractivity contribution in [2.24, 2.45) is 0 Å². The van der Waals surface area contributed by atoms with E-state index in [1.54, 1.807) is 11.8 Å². The fraction of sp³-hybridized carbons (Fsp3) is 0.562. The summed E-state index contributed by atoms with van der Waals surface area (Å²) in [6.07, 6.45) is 6.01. The van der Waals surface area contributed by atoms with Gasteiger partial charge >= 0.3 is 0 Å². The molecule has 1 unspecified atom stereocenters. The summed E-state index contributed by atoms with van der Waals surface area (Å²) in [4.78, 5) is 3.56. The van der Waals surface area contributed by atoms with Crippen LogP contribution in [0.4, 0.5) is 5.69 Å². The second-order valence-electron chi connectivity index (χ2n) is 5.40. The fourth-order valence-corrected chi connectivity index (χ4v) is 3.35. The summed E-state index contributed by atoms with van der Waals surface area (Å²) in [5.74, 6) is 0. The van der Waals surface area contributed by atoms with Crippen LogP contribution in [0, 0.1) is 11.3 Å². The number of piperidine rings is 1. The maximum Gasteiger partial charge on any atom is 0.102 e. The number of nitrogens with one attached hydrogen (secondary N) is 1. The molecule has 0 radical (unpaired) electrons. The van der Waals surface area contributed by atoms with Gasteiger partial charge in [-0.15, -0.1) is 11.8 Å². The van der Waals surface area contributed by atoms with Crippen molar-refractivity contribution >= 4 is 17.4 Å². The lowest BCUT2D eigenvalue weighted by Crippen LogP contribution is -2.38. The van der Waals surface area contributed by atoms with Gasteiger partial charge in [-0.05, 0) is 51.2 Å². The lowest BCUT2D eigenvalue weighted by Gasteiger charge is -2.30. The van der Waals surface area contributed by atoms with Crippen molar-refractivity contribution in [1.29, 1.82) is 5.26 Å². The van der Waals surface area contributed by atoms with Crippen LogP contribution < -0.4 is 5.32 Å². The summed E-state index contributed by atoms with van der Waals surface area (Å²) in [7, 11) is 0. The zero-order chi connectivity index (χ0) is 14.4. The van der Waals surface area contributed by atoms with Crippen LogP contribution in [0.1, 0.15) is 31.7 Å². The van der Waals surface area contributed by atoms with Crippen molar-refractivity contribution in [3.63, 3.8) is 0 Å². The first-order valence-electron chi connectivity index (χ1n) is 7.30. The first-order chi connectivity index (χ1) is 9.74. The van der Waals surface area contributed by atoms with Crippen LogP contribution in [0.5, 0.6) is 0 Å². The quantitative estimate of drug-likeness (QED) is 0.841. The Kier molecular flexibility index (Phi) is 5.75. The molecule has 1 fully saturated rings. The number of likely N-dealkylation sites (tertiary alicyclic amines) is 1. The van der Waals surface area contributed by atoms with Gasteiger partial charge in [0.2, 0.25) is 0 Å². The van der Waals surface area contributed by atoms with Crippen LogP contribution in [-0.4, -0.2) is 36.8 Å². The van der Waals surface area contributed by atoms with E-state index in [4.69, 9.17) is 0 Å². The van der Waals surface area contributed by atoms with Crippen LogP contribution in [-0.2, 0) is 0 Å². The van der Waals surface area contributed by atoms with Crippen LogP contribution >= 0.6 is 11.8 Å². The summed E-state index contributed by atoms with van der Waals surface area (Å²) < 4.78 is 0. The Morgan fingerprint density at radius 3 is 2.75 bits per heavy atom. The molecule has 0 bridgehead atoms. The molecule has 0 aromatic heterocycles. The summed E-state index contributed by atoms with van der Waals surface area (Å²) in [5.41, 5.74) is 1.73. The third-order valence-corrected chi connectivity index (χ3v) is 4.52. The van der Waals surface area contributed by atoms with Gasteiger partial charge in [-0.25, -0.2) is 0 Å². The summed E-state index contributed by atoms with van der Waals surface area (Å²) >= 11 is 1.62. The Hall–Kier alpha value is -1.18. The van der Waals surface area contributed by atoms with E-state index < -0.39 is 0 Å². The van der Waals surface area contributed by atoms with Gasteiger partial charge in [0.25, 0.3) is 0 Å². The number of hydrogen-bond acceptors (Lipinski definition) is 4. The number of nitriles is 1. The van der Waals surface area contributed by atoms with E-state index in [0.717, 1.165) is 22.7 Å². The lowest BCUT2D eigenvalue weighted by molar-refractivity contribution is 0.223. The highest BCUT2D eigenvalue weighted by molar-refractivity contribution is 7.98. The average molecular weight is 289 g/mol. The van der Waals surface area contributed by atoms with E-state index in [9.17, 15) is 5.26 Å². The molecule has 3 nitrogen and oxygen atoms in total. The summed E-state index contributed by atoms with van der Waals surface area (Å²) in [6, 6.07) is 8.71. The van der Waals surface area contributed by atoms with Crippen LogP contribution in [0.2, 0.25) is 0 Å². The maximum atomic E-state index is 9.35. The zero-order valence-electron chi connectivity index (χ0n) is 12.4. The minimum absolute atomic E-state index is 0.359. The number of nitrogens with zero attached hydrogens (tertiary/aromatic N) is 2. The number of benzene rings is 1. The van der Waals surface area contributed by atoms with Gasteiger partial charge in [0.1, 0.15) is 6.07 Å². The minimum atomic E-state index is 0.359. The lowest BCUT2D eigenvalue weighted by atomic mass is 10.1. The average Bonchev–Trinajstić information content (AvgIpc) is 2.47. The molecule has 4 heteroatoms. The molecular weight excluding hydrogens is 266 g/mol. The van der Waals surface area contributed by atoms with E-state index in [2.05, 4.69) is 23.2 Å². The van der Waals surface area contributed by atoms with Crippen molar-refractivity contribution in [1.82, 2.24) is 4.90 Å². The van der Waals surface area contributed by atoms with E-state index in [0.29, 0.717) is 6.04 Å². The van der Waals surface area contributed by atoms with Crippen LogP contribution in [0.3, 0.4) is 0 Å². The molecule has 1 aromatic carbocycles. The molecule has 0 spiro atoms. The first-order valence-corrected chi connectivity index (χ1v) is 8.53. The number of hydrogen-bond donors (Lipinski definition) is 1. The predicted octanol–water partition coefficient (Wildman–Crippen LogP) is 3.57. The Morgan fingerprint density at radius 1 is 1.35 bits per heavy atom. The van der Waals surface area contributed by atoms with Gasteiger partial charge in [0.05, 0.1) is 11.3 Å². The smallest absolute Gasteiger partial charge is 0.102 e. The Labute approximate surface area is 126 Å². The molecule has 1 aliphatic heterocycles. The summed E-state index contributed by atoms with van der Waals surface area (Å²) in [6.45, 7) is 5.67. The molecule has 1 aromatic rings. The molecule has 1 saturated heterocycles. The van der Waals surface area contributed by atoms with Crippen LogP contribution in [0.15, 0.2) is 23.1 Å². The highest BCUT2D eigenvalue weighted by Crippen LogP contribution is 2.26. The van der Waals surface area contributed by atoms with Crippen molar-refractivity contribution in [2.75, 3.05) is 31.2 Å². The fourth-order valence-electron chi connectivity index (χ4n) is 2.78. The second kappa shape index (κ2) is 7.56. The molecule has 0 saturated carbocycles. The Morgan fingerprint density at radius 2 is 2.10 bits per heavy atom. The third kappa shape index (κ3) is 3.91. The topological polar surface area (TPSA) is 39.1 Å². The molecule has 108 valence electrons. The number of thioether (sulfide) groups is 1. The normalized spacial score (nSPS) is 17.4. The third-order valence-electron chi connectivity index (χ3n) is 3.74. The molecule has 20 heavy (non-hydrogen) atoms. The molecular formula is C16H23N3S. The molecule has 1 aliphatic rings. The van der Waals surface area contributed by atoms with E-state index in [-0.39, 0.29) is 0 Å². The van der Waals surface area contributed by atoms with Crippen molar-refractivity contribution < 1.29 is 0 Å². The standard InChI is InChI=1S/C16H23N3S/c1-13(12-19-9-4-3-5-10-19)18-15-7-6-8-16(20-2)14(15)11-17/h6-8,13,18H,3-5,9-10,12H2,1-2H3. The van der Waals surface area contributed by atoms with Gasteiger partial charge < -0.3 is 10.2 Å². The van der Waals surface area contributed by atoms with E-state index in [1.807, 2.05) is 24.5 Å². The molecule has 2 rings (SSSR count). The molecule has 0 amide bonds. The Balaban J connectivity index is 2.00. The Bertz CT molecular complexity index is 475. The largest absolute Gasteiger partial charge is 0.380 e. The predicted molar refractivity (Wildman–Crippen MR) is 86.3 cm³/mol. The van der Waals surface area contributed by atoms with Crippen molar-refractivity contribution in [3.05, 3.63) is 23.8 Å². The number of rotatable bonds is 5. The van der Waals surface area contributed by atoms with Crippen LogP contribution in [0.25, 0.3) is 0 Å². The van der Waals surface area contributed by atoms with Gasteiger partial charge in [-0.1, -0.05) is 12.5 Å². The second-order valence-corrected chi connectivity index (χ2v) is 6.25. The highest BCUT2D eigenvalue weighted by atomic mass is 32.2. The van der Waals surface area contributed by atoms with E-state index in [1.165, 1.54) is 32.4 Å².